The quantitative estimate of drug-likeness (QED) is 0.0347. The van der Waals surface area contributed by atoms with E-state index in [1.54, 1.807) is 6.92 Å². The summed E-state index contributed by atoms with van der Waals surface area (Å²) in [6.07, 6.45) is -2.04. The molecular weight excluding hydrogens is 1060 g/mol. The van der Waals surface area contributed by atoms with Crippen molar-refractivity contribution in [1.29, 1.82) is 0 Å². The molecule has 2 fully saturated rings. The van der Waals surface area contributed by atoms with Gasteiger partial charge in [-0.2, -0.15) is 4.31 Å². The number of aromatic nitrogens is 4. The normalized spacial score (nSPS) is 25.2. The van der Waals surface area contributed by atoms with Crippen molar-refractivity contribution in [3.05, 3.63) is 12.7 Å². The molecule has 2 aromatic heterocycles. The Morgan fingerprint density at radius 1 is 0.904 bits per heavy atom. The number of phosphoric ester groups is 3. The van der Waals surface area contributed by atoms with Crippen LogP contribution in [0.4, 0.5) is 5.82 Å². The maximum atomic E-state index is 12.8. The number of unbranched alkanes of at least 4 members (excludes halogenated alkanes) is 7. The lowest BCUT2D eigenvalue weighted by Crippen LogP contribution is -2.47. The van der Waals surface area contributed by atoms with Crippen LogP contribution in [0.5, 0.6) is 0 Å². The summed E-state index contributed by atoms with van der Waals surface area (Å²) < 4.78 is 73.6. The zero-order valence-electron chi connectivity index (χ0n) is 40.6. The number of nitrogen functional groups attached to an aromatic ring is 1. The molecule has 73 heavy (non-hydrogen) atoms. The van der Waals surface area contributed by atoms with Gasteiger partial charge in [-0.25, -0.2) is 28.6 Å². The first-order valence-corrected chi connectivity index (χ1v) is 29.0. The average molecular weight is 1130 g/mol. The molecule has 0 spiro atoms. The molecular formula is C40H70N7O22P3S. The highest BCUT2D eigenvalue weighted by atomic mass is 32.2. The molecule has 13 N–H and O–H groups in total. The van der Waals surface area contributed by atoms with E-state index in [1.165, 1.54) is 13.8 Å². The molecule has 2 aliphatic rings. The number of nitrogens with one attached hydrogen (secondary N) is 2. The predicted octanol–water partition coefficient (Wildman–Crippen LogP) is 0.800. The molecule has 0 aromatic carbocycles. The highest BCUT2D eigenvalue weighted by Gasteiger charge is 2.50. The Bertz CT molecular complexity index is 2230. The van der Waals surface area contributed by atoms with Gasteiger partial charge in [0.15, 0.2) is 29.1 Å². The van der Waals surface area contributed by atoms with E-state index in [0.717, 1.165) is 80.4 Å². The summed E-state index contributed by atoms with van der Waals surface area (Å²) in [6.45, 7) is 2.53. The number of ether oxygens (including phenoxy) is 3. The Hall–Kier alpha value is -2.64. The number of thioether (sulfide) groups is 1. The molecule has 0 radical (unpaired) electrons. The number of nitrogens with two attached hydrogens (primary N) is 1. The molecule has 29 nitrogen and oxygen atoms in total. The second kappa shape index (κ2) is 29.2. The minimum Gasteiger partial charge on any atom is -0.393 e. The van der Waals surface area contributed by atoms with Crippen LogP contribution in [0, 0.1) is 5.41 Å². The van der Waals surface area contributed by atoms with Crippen molar-refractivity contribution in [2.24, 2.45) is 5.41 Å². The topological polar surface area (TPSA) is 443 Å². The van der Waals surface area contributed by atoms with Crippen LogP contribution in [0.15, 0.2) is 12.7 Å². The van der Waals surface area contributed by atoms with Crippen LogP contribution in [0.25, 0.3) is 11.2 Å². The number of carbonyl (C=O) groups is 3. The molecule has 12 atom stereocenters. The third kappa shape index (κ3) is 21.4. The highest BCUT2D eigenvalue weighted by Crippen LogP contribution is 2.61. The molecule has 0 aliphatic carbocycles. The maximum Gasteiger partial charge on any atom is 0.481 e. The molecule has 2 unspecified atom stereocenters. The van der Waals surface area contributed by atoms with Gasteiger partial charge in [-0.05, 0) is 19.8 Å². The van der Waals surface area contributed by atoms with Gasteiger partial charge in [-0.3, -0.25) is 32.5 Å². The van der Waals surface area contributed by atoms with Gasteiger partial charge in [0.05, 0.1) is 37.9 Å². The van der Waals surface area contributed by atoms with E-state index in [4.69, 9.17) is 29.0 Å². The van der Waals surface area contributed by atoms with Crippen LogP contribution in [0.1, 0.15) is 104 Å². The summed E-state index contributed by atoms with van der Waals surface area (Å²) in [5.41, 5.74) is 4.23. The second-order valence-electron chi connectivity index (χ2n) is 18.2. The van der Waals surface area contributed by atoms with Gasteiger partial charge in [-0.1, -0.05) is 70.6 Å². The molecule has 2 saturated heterocycles. The summed E-state index contributed by atoms with van der Waals surface area (Å²) in [5, 5.41) is 56.3. The fourth-order valence-electron chi connectivity index (χ4n) is 7.48. The van der Waals surface area contributed by atoms with Crippen molar-refractivity contribution in [1.82, 2.24) is 30.2 Å². The Morgan fingerprint density at radius 2 is 1.56 bits per heavy atom. The summed E-state index contributed by atoms with van der Waals surface area (Å²) in [5.74, 6) is -1.30. The highest BCUT2D eigenvalue weighted by molar-refractivity contribution is 8.13. The van der Waals surface area contributed by atoms with Crippen LogP contribution in [-0.4, -0.2) is 175 Å². The first-order chi connectivity index (χ1) is 34.2. The number of hydrogen-bond donors (Lipinski definition) is 12. The third-order valence-electron chi connectivity index (χ3n) is 11.6. The number of carbonyl (C=O) groups excluding carboxylic acids is 3. The number of nitrogens with zero attached hydrogens (tertiary/aromatic N) is 4. The number of rotatable bonds is 33. The van der Waals surface area contributed by atoms with Crippen LogP contribution in [-0.2, 0) is 60.2 Å². The van der Waals surface area contributed by atoms with E-state index in [9.17, 15) is 73.2 Å². The third-order valence-corrected chi connectivity index (χ3v) is 15.6. The predicted molar refractivity (Wildman–Crippen MR) is 256 cm³/mol. The lowest BCUT2D eigenvalue weighted by molar-refractivity contribution is -0.261. The van der Waals surface area contributed by atoms with Crippen LogP contribution in [0.3, 0.4) is 0 Å². The first kappa shape index (κ1) is 62.9. The monoisotopic (exact) mass is 1130 g/mol. The van der Waals surface area contributed by atoms with Gasteiger partial charge >= 0.3 is 23.5 Å². The first-order valence-electron chi connectivity index (χ1n) is 23.5. The number of aliphatic hydroxyl groups is 5. The minimum absolute atomic E-state index is 0.0211. The van der Waals surface area contributed by atoms with Crippen molar-refractivity contribution in [2.45, 2.75) is 159 Å². The standard InChI is InChI=1S/C40H70N7O22P3S/c1-24-26(49)19-27(50)39(66-24)63-16-11-9-7-5-4-6-8-10-12-25(48)18-30(52)73-17-15-42-29(51)13-14-43-37(55)34(54)40(2,3)21-65-72(61,62)69-71(59,60)64-20-28-33(68-70(56,57)58)32(53)38(67-28)47-23-46-31-35(41)44-22-45-36(31)47/h22-28,32-34,38-39,48-50,53-54H,4-21H2,1-3H3,(H,42,51)(H,43,55)(H,59,60)(H,61,62)(H2,41,44,45)(H2,56,57,58)/t24-,25+,26+,27+,28+,32+,33+,34-,38+,39+/m0/s1. The van der Waals surface area contributed by atoms with E-state index in [0.29, 0.717) is 13.0 Å². The van der Waals surface area contributed by atoms with Gasteiger partial charge in [0.1, 0.15) is 42.4 Å². The van der Waals surface area contributed by atoms with E-state index in [-0.39, 0.29) is 66.3 Å². The largest absolute Gasteiger partial charge is 0.481 e. The minimum atomic E-state index is -5.60. The average Bonchev–Trinajstić information content (AvgIpc) is 3.86. The molecule has 33 heteroatoms. The second-order valence-corrected chi connectivity index (χ2v) is 23.6. The molecule has 2 aromatic rings. The number of hydrogen-bond acceptors (Lipinski definition) is 23. The number of amides is 2. The zero-order chi connectivity index (χ0) is 54.1. The van der Waals surface area contributed by atoms with Crippen LogP contribution < -0.4 is 16.4 Å². The van der Waals surface area contributed by atoms with Crippen LogP contribution >= 0.6 is 35.2 Å². The molecule has 418 valence electrons. The zero-order valence-corrected chi connectivity index (χ0v) is 44.1. The molecule has 0 bridgehead atoms. The Balaban J connectivity index is 1.04. The fourth-order valence-corrected chi connectivity index (χ4v) is 11.1. The van der Waals surface area contributed by atoms with Gasteiger partial charge < -0.3 is 75.7 Å². The number of imidazole rings is 1. The Morgan fingerprint density at radius 3 is 2.25 bits per heavy atom. The van der Waals surface area contributed by atoms with Gasteiger partial charge in [0, 0.05) is 50.1 Å². The van der Waals surface area contributed by atoms with Gasteiger partial charge in [0.2, 0.25) is 11.8 Å². The molecule has 2 amide bonds. The maximum absolute atomic E-state index is 12.8. The molecule has 4 rings (SSSR count). The number of phosphoric acid groups is 3. The van der Waals surface area contributed by atoms with E-state index >= 15 is 0 Å². The van der Waals surface area contributed by atoms with Crippen molar-refractivity contribution < 1.29 is 105 Å². The summed E-state index contributed by atoms with van der Waals surface area (Å²) in [4.78, 5) is 88.5. The van der Waals surface area contributed by atoms with E-state index < -0.39 is 109 Å². The van der Waals surface area contributed by atoms with Gasteiger partial charge in [-0.15, -0.1) is 0 Å². The van der Waals surface area contributed by atoms with Crippen molar-refractivity contribution in [3.8, 4) is 0 Å². The van der Waals surface area contributed by atoms with E-state index in [2.05, 4.69) is 34.4 Å². The van der Waals surface area contributed by atoms with Crippen molar-refractivity contribution in [3.63, 3.8) is 0 Å². The smallest absolute Gasteiger partial charge is 0.393 e. The summed E-state index contributed by atoms with van der Waals surface area (Å²) in [6, 6.07) is 0. The van der Waals surface area contributed by atoms with Crippen LogP contribution in [0.2, 0.25) is 0 Å². The Labute approximate surface area is 425 Å². The SMILES string of the molecule is C[C@@H]1O[C@@H](OCCCCCCCCCC[C@@H](O)CC(=O)SCCNC(=O)CCNC(=O)[C@H](O)C(C)(C)COP(=O)(O)OP(=O)(O)OC[C@H]2O[C@@H](n3cnc4c(N)ncnc43)[C@H](O)[C@@H]2OP(=O)(O)O)[C@H](O)C[C@H]1O. The lowest BCUT2D eigenvalue weighted by Gasteiger charge is -2.35. The summed E-state index contributed by atoms with van der Waals surface area (Å²) in [7, 11) is -16.5. The molecule has 0 saturated carbocycles. The molecule has 2 aliphatic heterocycles. The lowest BCUT2D eigenvalue weighted by atomic mass is 9.87. The van der Waals surface area contributed by atoms with E-state index in [1.807, 2.05) is 0 Å². The molecule has 4 heterocycles. The number of anilines is 1. The van der Waals surface area contributed by atoms with Crippen molar-refractivity contribution in [2.75, 3.05) is 44.4 Å². The van der Waals surface area contributed by atoms with Gasteiger partial charge in [0.25, 0.3) is 0 Å². The van der Waals surface area contributed by atoms with Crippen molar-refractivity contribution >= 4 is 69.1 Å². The summed E-state index contributed by atoms with van der Waals surface area (Å²) >= 11 is 0.967. The Kier molecular flexibility index (Phi) is 25.2. The number of fused-ring (bicyclic) bond motifs is 1. The number of aliphatic hydroxyl groups excluding tert-OH is 5. The fraction of sp³-hybridized carbons (Fsp3) is 0.800.